The number of aryl methyl sites for hydroxylation is 1. The van der Waals surface area contributed by atoms with Crippen LogP contribution in [0.5, 0.6) is 0 Å². The Morgan fingerprint density at radius 3 is 2.67 bits per heavy atom. The van der Waals surface area contributed by atoms with E-state index in [0.29, 0.717) is 30.9 Å². The van der Waals surface area contributed by atoms with Crippen LogP contribution in [-0.2, 0) is 16.1 Å². The summed E-state index contributed by atoms with van der Waals surface area (Å²) in [7, 11) is 0. The number of carbonyl (C=O) groups excluding carboxylic acids is 1. The van der Waals surface area contributed by atoms with Gasteiger partial charge in [-0.3, -0.25) is 4.79 Å². The molecule has 0 aliphatic rings. The van der Waals surface area contributed by atoms with Gasteiger partial charge in [-0.15, -0.1) is 20.4 Å². The minimum atomic E-state index is -1.03. The molecule has 0 aliphatic heterocycles. The molecule has 1 atom stereocenters. The van der Waals surface area contributed by atoms with Crippen molar-refractivity contribution in [3.05, 3.63) is 35.7 Å². The maximum Gasteiger partial charge on any atom is 0.407 e. The van der Waals surface area contributed by atoms with Gasteiger partial charge >= 0.3 is 12.1 Å². The van der Waals surface area contributed by atoms with Crippen LogP contribution in [0.4, 0.5) is 4.79 Å². The largest absolute Gasteiger partial charge is 0.480 e. The van der Waals surface area contributed by atoms with Gasteiger partial charge in [0.2, 0.25) is 5.82 Å². The monoisotopic (exact) mass is 374 g/mol. The molecule has 27 heavy (non-hydrogen) atoms. The molecule has 0 saturated carbocycles. The standard InChI is InChI=1S/C17H22N6O4/c1-11-20-22-15(23-21-11)13-6-4-5-12(9-13)10-19-17(26)27-8-3-2-7-14(18)16(24)25/h4-6,9,14H,2-3,7-8,10,18H2,1H3,(H,19,26)(H,24,25). The lowest BCUT2D eigenvalue weighted by atomic mass is 10.1. The number of alkyl carbamates (subject to hydrolysis) is 1. The predicted octanol–water partition coefficient (Wildman–Crippen LogP) is 1.05. The lowest BCUT2D eigenvalue weighted by Gasteiger charge is -2.09. The molecule has 0 radical (unpaired) electrons. The lowest BCUT2D eigenvalue weighted by Crippen LogP contribution is -2.30. The van der Waals surface area contributed by atoms with Crippen LogP contribution in [0.3, 0.4) is 0 Å². The molecule has 0 spiro atoms. The van der Waals surface area contributed by atoms with E-state index in [2.05, 4.69) is 25.7 Å². The molecule has 0 aliphatic carbocycles. The molecule has 1 aromatic carbocycles. The van der Waals surface area contributed by atoms with Crippen molar-refractivity contribution in [1.29, 1.82) is 0 Å². The van der Waals surface area contributed by atoms with E-state index in [0.717, 1.165) is 11.1 Å². The topological polar surface area (TPSA) is 153 Å². The minimum absolute atomic E-state index is 0.201. The van der Waals surface area contributed by atoms with Crippen molar-refractivity contribution in [3.63, 3.8) is 0 Å². The second kappa shape index (κ2) is 10.1. The Kier molecular flexibility index (Phi) is 7.56. The summed E-state index contributed by atoms with van der Waals surface area (Å²) in [6.45, 7) is 2.19. The zero-order valence-corrected chi connectivity index (χ0v) is 15.0. The molecule has 0 bridgehead atoms. The number of nitrogens with two attached hydrogens (primary N) is 1. The number of benzene rings is 1. The fourth-order valence-electron chi connectivity index (χ4n) is 2.20. The van der Waals surface area contributed by atoms with Crippen molar-refractivity contribution < 1.29 is 19.4 Å². The zero-order valence-electron chi connectivity index (χ0n) is 15.0. The fourth-order valence-corrected chi connectivity index (χ4v) is 2.20. The minimum Gasteiger partial charge on any atom is -0.480 e. The van der Waals surface area contributed by atoms with E-state index in [9.17, 15) is 9.59 Å². The van der Waals surface area contributed by atoms with Gasteiger partial charge in [0.15, 0.2) is 5.82 Å². The molecule has 2 aromatic rings. The van der Waals surface area contributed by atoms with Crippen molar-refractivity contribution in [2.24, 2.45) is 5.73 Å². The molecule has 1 amide bonds. The van der Waals surface area contributed by atoms with E-state index in [4.69, 9.17) is 15.6 Å². The van der Waals surface area contributed by atoms with E-state index in [1.54, 1.807) is 6.92 Å². The summed E-state index contributed by atoms with van der Waals surface area (Å²) >= 11 is 0. The molecule has 1 heterocycles. The molecule has 1 aromatic heterocycles. The van der Waals surface area contributed by atoms with Crippen molar-refractivity contribution >= 4 is 12.1 Å². The van der Waals surface area contributed by atoms with Gasteiger partial charge in [-0.2, -0.15) is 0 Å². The van der Waals surface area contributed by atoms with E-state index in [1.165, 1.54) is 0 Å². The summed E-state index contributed by atoms with van der Waals surface area (Å²) < 4.78 is 5.05. The van der Waals surface area contributed by atoms with Crippen molar-refractivity contribution in [2.75, 3.05) is 6.61 Å². The van der Waals surface area contributed by atoms with E-state index < -0.39 is 18.1 Å². The second-order valence-electron chi connectivity index (χ2n) is 5.90. The zero-order chi connectivity index (χ0) is 19.6. The van der Waals surface area contributed by atoms with Crippen LogP contribution in [0.25, 0.3) is 11.4 Å². The van der Waals surface area contributed by atoms with Gasteiger partial charge in [-0.25, -0.2) is 4.79 Å². The third-order valence-electron chi connectivity index (χ3n) is 3.66. The number of amides is 1. The molecule has 4 N–H and O–H groups in total. The summed E-state index contributed by atoms with van der Waals surface area (Å²) in [5, 5.41) is 27.0. The summed E-state index contributed by atoms with van der Waals surface area (Å²) in [5.74, 6) is -0.132. The first-order chi connectivity index (χ1) is 13.0. The van der Waals surface area contributed by atoms with Crippen molar-refractivity contribution in [2.45, 2.75) is 38.8 Å². The Hall–Kier alpha value is -3.14. The van der Waals surface area contributed by atoms with Crippen LogP contribution in [-0.4, -0.2) is 50.2 Å². The van der Waals surface area contributed by atoms with Gasteiger partial charge in [-0.05, 0) is 37.8 Å². The number of nitrogens with zero attached hydrogens (tertiary/aromatic N) is 4. The first-order valence-electron chi connectivity index (χ1n) is 8.48. The van der Waals surface area contributed by atoms with Crippen LogP contribution >= 0.6 is 0 Å². The number of nitrogens with one attached hydrogen (secondary N) is 1. The van der Waals surface area contributed by atoms with Gasteiger partial charge < -0.3 is 20.9 Å². The number of carbonyl (C=O) groups is 2. The average molecular weight is 374 g/mol. The van der Waals surface area contributed by atoms with Crippen LogP contribution < -0.4 is 11.1 Å². The number of aromatic nitrogens is 4. The number of carboxylic acids is 1. The fraction of sp³-hybridized carbons (Fsp3) is 0.412. The maximum atomic E-state index is 11.7. The van der Waals surface area contributed by atoms with Gasteiger partial charge in [0.05, 0.1) is 6.61 Å². The maximum absolute atomic E-state index is 11.7. The highest BCUT2D eigenvalue weighted by Gasteiger charge is 2.10. The van der Waals surface area contributed by atoms with Crippen LogP contribution in [0, 0.1) is 6.92 Å². The van der Waals surface area contributed by atoms with Crippen LogP contribution in [0.1, 0.15) is 30.7 Å². The molecule has 1 unspecified atom stereocenters. The Labute approximate surface area is 156 Å². The van der Waals surface area contributed by atoms with Crippen molar-refractivity contribution in [3.8, 4) is 11.4 Å². The molecule has 2 rings (SSSR count). The summed E-state index contributed by atoms with van der Waals surface area (Å²) in [6.07, 6.45) is 0.923. The Morgan fingerprint density at radius 2 is 1.96 bits per heavy atom. The smallest absolute Gasteiger partial charge is 0.407 e. The summed E-state index contributed by atoms with van der Waals surface area (Å²) in [5.41, 5.74) is 6.99. The van der Waals surface area contributed by atoms with E-state index in [1.807, 2.05) is 24.3 Å². The highest BCUT2D eigenvalue weighted by Crippen LogP contribution is 2.14. The predicted molar refractivity (Wildman–Crippen MR) is 95.4 cm³/mol. The number of aliphatic carboxylic acids is 1. The summed E-state index contributed by atoms with van der Waals surface area (Å²) in [6, 6.07) is 6.46. The van der Waals surface area contributed by atoms with Gasteiger partial charge in [0, 0.05) is 12.1 Å². The van der Waals surface area contributed by atoms with Gasteiger partial charge in [0.25, 0.3) is 0 Å². The van der Waals surface area contributed by atoms with Crippen molar-refractivity contribution in [1.82, 2.24) is 25.7 Å². The Morgan fingerprint density at radius 1 is 1.22 bits per heavy atom. The Balaban J connectivity index is 1.73. The molecular formula is C17H22N6O4. The molecular weight excluding hydrogens is 352 g/mol. The normalized spacial score (nSPS) is 11.6. The third kappa shape index (κ3) is 6.94. The number of ether oxygens (including phenoxy) is 1. The lowest BCUT2D eigenvalue weighted by molar-refractivity contribution is -0.138. The highest BCUT2D eigenvalue weighted by molar-refractivity contribution is 5.72. The number of hydrogen-bond acceptors (Lipinski definition) is 8. The number of hydrogen-bond donors (Lipinski definition) is 3. The number of unbranched alkanes of at least 4 members (excludes halogenated alkanes) is 1. The van der Waals surface area contributed by atoms with E-state index >= 15 is 0 Å². The quantitative estimate of drug-likeness (QED) is 0.546. The highest BCUT2D eigenvalue weighted by atomic mass is 16.5. The molecule has 10 heteroatoms. The van der Waals surface area contributed by atoms with E-state index in [-0.39, 0.29) is 13.2 Å². The molecule has 144 valence electrons. The average Bonchev–Trinajstić information content (AvgIpc) is 2.66. The molecule has 10 nitrogen and oxygen atoms in total. The summed E-state index contributed by atoms with van der Waals surface area (Å²) in [4.78, 5) is 22.3. The van der Waals surface area contributed by atoms with Crippen LogP contribution in [0.15, 0.2) is 24.3 Å². The first kappa shape index (κ1) is 20.2. The third-order valence-corrected chi connectivity index (χ3v) is 3.66. The van der Waals surface area contributed by atoms with Gasteiger partial charge in [0.1, 0.15) is 6.04 Å². The second-order valence-corrected chi connectivity index (χ2v) is 5.90. The first-order valence-corrected chi connectivity index (χ1v) is 8.48. The molecule has 0 fully saturated rings. The van der Waals surface area contributed by atoms with Crippen LogP contribution in [0.2, 0.25) is 0 Å². The molecule has 0 saturated heterocycles. The number of rotatable bonds is 9. The Bertz CT molecular complexity index is 768. The SMILES string of the molecule is Cc1nnc(-c2cccc(CNC(=O)OCCCCC(N)C(=O)O)c2)nn1. The number of carboxylic acid groups (broad SMARTS) is 1. The van der Waals surface area contributed by atoms with Gasteiger partial charge in [-0.1, -0.05) is 18.2 Å².